The molecule has 33 heavy (non-hydrogen) atoms. The first-order chi connectivity index (χ1) is 15.8. The number of likely N-dealkylation sites (tertiary alicyclic amines) is 1. The van der Waals surface area contributed by atoms with E-state index in [4.69, 9.17) is 4.74 Å². The van der Waals surface area contributed by atoms with Gasteiger partial charge in [-0.05, 0) is 68.4 Å². The van der Waals surface area contributed by atoms with Crippen molar-refractivity contribution in [2.24, 2.45) is 5.92 Å². The first-order valence-corrected chi connectivity index (χ1v) is 11.7. The van der Waals surface area contributed by atoms with E-state index in [1.807, 2.05) is 18.7 Å². The van der Waals surface area contributed by atoms with E-state index in [-0.39, 0.29) is 11.8 Å². The molecule has 1 amide bonds. The van der Waals surface area contributed by atoms with Crippen molar-refractivity contribution in [3.05, 3.63) is 94.5 Å². The van der Waals surface area contributed by atoms with Crippen LogP contribution in [0.1, 0.15) is 61.0 Å². The highest BCUT2D eigenvalue weighted by Crippen LogP contribution is 2.37. The lowest BCUT2D eigenvalue weighted by atomic mass is 9.78. The summed E-state index contributed by atoms with van der Waals surface area (Å²) in [4.78, 5) is 15.1. The number of benzene rings is 2. The normalized spacial score (nSPS) is 15.7. The fourth-order valence-corrected chi connectivity index (χ4v) is 4.68. The van der Waals surface area contributed by atoms with Gasteiger partial charge < -0.3 is 9.64 Å². The molecule has 1 saturated heterocycles. The van der Waals surface area contributed by atoms with Crippen LogP contribution in [0.2, 0.25) is 0 Å². The average Bonchev–Trinajstić information content (AvgIpc) is 2.82. The summed E-state index contributed by atoms with van der Waals surface area (Å²) in [6.45, 7) is 13.8. The van der Waals surface area contributed by atoms with Crippen molar-refractivity contribution in [2.75, 3.05) is 19.7 Å². The number of nitrogens with zero attached hydrogens (tertiary/aromatic N) is 1. The molecule has 0 spiro atoms. The minimum Gasteiger partial charge on any atom is -0.493 e. The number of rotatable bonds is 7. The lowest BCUT2D eigenvalue weighted by Crippen LogP contribution is -2.39. The topological polar surface area (TPSA) is 29.5 Å². The number of amides is 1. The van der Waals surface area contributed by atoms with Crippen LogP contribution in [0.3, 0.4) is 0 Å². The summed E-state index contributed by atoms with van der Waals surface area (Å²) in [6, 6.07) is 12.6. The maximum atomic E-state index is 13.7. The van der Waals surface area contributed by atoms with E-state index in [0.29, 0.717) is 36.9 Å². The summed E-state index contributed by atoms with van der Waals surface area (Å²) in [5.41, 5.74) is 8.42. The highest BCUT2D eigenvalue weighted by Gasteiger charge is 2.29. The van der Waals surface area contributed by atoms with Crippen LogP contribution in [0.4, 0.5) is 4.39 Å². The van der Waals surface area contributed by atoms with Gasteiger partial charge >= 0.3 is 0 Å². The zero-order chi connectivity index (χ0) is 24.0. The Morgan fingerprint density at radius 2 is 1.97 bits per heavy atom. The van der Waals surface area contributed by atoms with E-state index in [1.165, 1.54) is 34.9 Å². The quantitative estimate of drug-likeness (QED) is 0.343. The Labute approximate surface area is 197 Å². The highest BCUT2D eigenvalue weighted by molar-refractivity contribution is 5.97. The van der Waals surface area contributed by atoms with Gasteiger partial charge in [-0.1, -0.05) is 49.4 Å². The molecule has 0 radical (unpaired) electrons. The number of aryl methyl sites for hydroxylation is 1. The number of hydrogen-bond donors (Lipinski definition) is 0. The molecule has 2 aromatic rings. The van der Waals surface area contributed by atoms with Crippen LogP contribution >= 0.6 is 0 Å². The molecule has 1 atom stereocenters. The Bertz CT molecular complexity index is 1070. The van der Waals surface area contributed by atoms with Crippen LogP contribution in [0, 0.1) is 18.7 Å². The van der Waals surface area contributed by atoms with Gasteiger partial charge in [0.25, 0.3) is 5.91 Å². The summed E-state index contributed by atoms with van der Waals surface area (Å²) in [5.74, 6) is 0.441. The van der Waals surface area contributed by atoms with Gasteiger partial charge in [0.05, 0.1) is 12.2 Å². The molecular formula is C29H34FNO2. The van der Waals surface area contributed by atoms with E-state index in [2.05, 4.69) is 56.5 Å². The number of carbonyl (C=O) groups excluding carboxylic acids is 1. The van der Waals surface area contributed by atoms with Crippen molar-refractivity contribution < 1.29 is 13.9 Å². The Balaban J connectivity index is 1.80. The third-order valence-electron chi connectivity index (χ3n) is 6.54. The summed E-state index contributed by atoms with van der Waals surface area (Å²) >= 11 is 0. The molecule has 2 aromatic carbocycles. The number of allylic oxidation sites excluding steroid dienone is 3. The number of piperidine rings is 1. The summed E-state index contributed by atoms with van der Waals surface area (Å²) in [7, 11) is 0. The number of halogens is 1. The van der Waals surface area contributed by atoms with Crippen molar-refractivity contribution in [2.45, 2.75) is 46.5 Å². The van der Waals surface area contributed by atoms with Crippen molar-refractivity contribution in [1.82, 2.24) is 4.90 Å². The van der Waals surface area contributed by atoms with E-state index in [9.17, 15) is 9.18 Å². The van der Waals surface area contributed by atoms with Crippen LogP contribution in [0.25, 0.3) is 0 Å². The van der Waals surface area contributed by atoms with Gasteiger partial charge in [0.1, 0.15) is 11.6 Å². The van der Waals surface area contributed by atoms with Gasteiger partial charge in [0, 0.05) is 25.1 Å². The Hall–Kier alpha value is -3.10. The van der Waals surface area contributed by atoms with Crippen molar-refractivity contribution in [3.8, 4) is 5.75 Å². The van der Waals surface area contributed by atoms with Gasteiger partial charge in [0.2, 0.25) is 0 Å². The predicted molar refractivity (Wildman–Crippen MR) is 132 cm³/mol. The van der Waals surface area contributed by atoms with Crippen LogP contribution in [0.5, 0.6) is 5.75 Å². The maximum absolute atomic E-state index is 13.7. The molecule has 0 N–H and O–H groups in total. The van der Waals surface area contributed by atoms with Crippen molar-refractivity contribution in [1.29, 1.82) is 0 Å². The molecule has 1 aliphatic rings. The average molecular weight is 448 g/mol. The van der Waals surface area contributed by atoms with Gasteiger partial charge in [-0.15, -0.1) is 5.73 Å². The summed E-state index contributed by atoms with van der Waals surface area (Å²) in [6.07, 6.45) is 3.98. The van der Waals surface area contributed by atoms with E-state index in [1.54, 1.807) is 0 Å². The molecule has 174 valence electrons. The lowest BCUT2D eigenvalue weighted by molar-refractivity contribution is 0.0696. The lowest BCUT2D eigenvalue weighted by Gasteiger charge is -2.35. The van der Waals surface area contributed by atoms with Crippen LogP contribution in [0.15, 0.2) is 72.0 Å². The third-order valence-corrected chi connectivity index (χ3v) is 6.54. The number of ether oxygens (including phenoxy) is 1. The second-order valence-electron chi connectivity index (χ2n) is 8.72. The largest absolute Gasteiger partial charge is 0.493 e. The van der Waals surface area contributed by atoms with E-state index >= 15 is 0 Å². The minimum absolute atomic E-state index is 0.100. The highest BCUT2D eigenvalue weighted by atomic mass is 19.1. The minimum atomic E-state index is -0.403. The molecule has 3 rings (SSSR count). The molecule has 0 saturated carbocycles. The van der Waals surface area contributed by atoms with Crippen molar-refractivity contribution in [3.63, 3.8) is 0 Å². The van der Waals surface area contributed by atoms with Gasteiger partial charge in [0.15, 0.2) is 0 Å². The molecule has 1 fully saturated rings. The van der Waals surface area contributed by atoms with E-state index in [0.717, 1.165) is 18.4 Å². The third kappa shape index (κ3) is 5.83. The zero-order valence-electron chi connectivity index (χ0n) is 20.2. The fourth-order valence-electron chi connectivity index (χ4n) is 4.68. The molecule has 1 heterocycles. The van der Waals surface area contributed by atoms with Gasteiger partial charge in [-0.3, -0.25) is 4.79 Å². The first kappa shape index (κ1) is 24.5. The predicted octanol–water partition coefficient (Wildman–Crippen LogP) is 6.85. The van der Waals surface area contributed by atoms with Crippen LogP contribution in [-0.2, 0) is 0 Å². The van der Waals surface area contributed by atoms with E-state index < -0.39 is 5.82 Å². The molecule has 0 aromatic heterocycles. The Kier molecular flexibility index (Phi) is 8.30. The molecule has 0 aliphatic carbocycles. The molecule has 0 bridgehead atoms. The fraction of sp³-hybridized carbons (Fsp3) is 0.379. The zero-order valence-corrected chi connectivity index (χ0v) is 20.2. The van der Waals surface area contributed by atoms with Crippen molar-refractivity contribution >= 4 is 5.91 Å². The maximum Gasteiger partial charge on any atom is 0.257 e. The molecule has 4 heteroatoms. The van der Waals surface area contributed by atoms with Crippen LogP contribution in [-0.4, -0.2) is 30.5 Å². The summed E-state index contributed by atoms with van der Waals surface area (Å²) < 4.78 is 19.2. The first-order valence-electron chi connectivity index (χ1n) is 11.7. The SMILES string of the molecule is C=C=C(C)/C=C(/C1CCN(C(=O)c2ccc(F)cc2OCC)CC1)C(C)c1ccccc1C. The molecule has 1 aliphatic heterocycles. The number of hydrogen-bond acceptors (Lipinski definition) is 2. The Morgan fingerprint density at radius 1 is 1.27 bits per heavy atom. The Morgan fingerprint density at radius 3 is 2.61 bits per heavy atom. The smallest absolute Gasteiger partial charge is 0.257 e. The molecular weight excluding hydrogens is 413 g/mol. The monoisotopic (exact) mass is 447 g/mol. The van der Waals surface area contributed by atoms with Gasteiger partial charge in [-0.2, -0.15) is 0 Å². The molecule has 1 unspecified atom stereocenters. The molecule has 3 nitrogen and oxygen atoms in total. The van der Waals surface area contributed by atoms with Gasteiger partial charge in [-0.25, -0.2) is 4.39 Å². The number of carbonyl (C=O) groups is 1. The van der Waals surface area contributed by atoms with Crippen LogP contribution < -0.4 is 4.74 Å². The standard InChI is InChI=1S/C29H34FNO2/c1-6-20(3)18-27(22(5)25-11-9-8-10-21(25)4)23-14-16-31(17-15-23)29(32)26-13-12-24(30)19-28(26)33-7-2/h8-13,18-19,22-23H,1,7,14-17H2,2-5H3/b27-18+. The second kappa shape index (κ2) is 11.2. The summed E-state index contributed by atoms with van der Waals surface area (Å²) in [5, 5.41) is 0. The second-order valence-corrected chi connectivity index (χ2v) is 8.72.